The van der Waals surface area contributed by atoms with Crippen molar-refractivity contribution in [3.63, 3.8) is 0 Å². The number of piperazine rings is 1. The zero-order valence-electron chi connectivity index (χ0n) is 15.6. The second-order valence-electron chi connectivity index (χ2n) is 6.65. The third-order valence-corrected chi connectivity index (χ3v) is 6.08. The van der Waals surface area contributed by atoms with Crippen molar-refractivity contribution < 1.29 is 4.79 Å². The van der Waals surface area contributed by atoms with Crippen molar-refractivity contribution in [3.8, 4) is 16.6 Å². The monoisotopic (exact) mass is 423 g/mol. The van der Waals surface area contributed by atoms with Gasteiger partial charge in [-0.1, -0.05) is 29.8 Å². The molecule has 8 heteroatoms. The first-order valence-corrected chi connectivity index (χ1v) is 10.5. The average molecular weight is 424 g/mol. The predicted octanol–water partition coefficient (Wildman–Crippen LogP) is 3.62. The highest BCUT2D eigenvalue weighted by Crippen LogP contribution is 2.30. The first-order chi connectivity index (χ1) is 14.2. The number of amides is 1. The minimum absolute atomic E-state index is 0.0576. The third kappa shape index (κ3) is 4.24. The number of aromatic nitrogens is 2. The summed E-state index contributed by atoms with van der Waals surface area (Å²) < 4.78 is 0. The molecule has 1 saturated heterocycles. The molecule has 1 aliphatic rings. The Bertz CT molecular complexity index is 1070. The summed E-state index contributed by atoms with van der Waals surface area (Å²) >= 11 is 7.74. The van der Waals surface area contributed by atoms with Crippen LogP contribution in [0, 0.1) is 11.3 Å². The van der Waals surface area contributed by atoms with E-state index < -0.39 is 0 Å². The summed E-state index contributed by atoms with van der Waals surface area (Å²) in [5.74, 6) is 0.744. The smallest absolute Gasteiger partial charge is 0.228 e. The van der Waals surface area contributed by atoms with Gasteiger partial charge in [0.25, 0.3) is 0 Å². The molecular formula is C21H18ClN5OS. The molecule has 0 spiro atoms. The summed E-state index contributed by atoms with van der Waals surface area (Å²) in [6.45, 7) is 2.50. The Hall–Kier alpha value is -2.95. The van der Waals surface area contributed by atoms with Crippen molar-refractivity contribution in [2.24, 2.45) is 0 Å². The fourth-order valence-corrected chi connectivity index (χ4v) is 4.46. The molecule has 0 atom stereocenters. The van der Waals surface area contributed by atoms with Crippen molar-refractivity contribution in [1.82, 2.24) is 14.9 Å². The molecule has 29 heavy (non-hydrogen) atoms. The molecule has 2 aromatic heterocycles. The number of benzene rings is 1. The van der Waals surface area contributed by atoms with E-state index in [1.165, 1.54) is 11.3 Å². The summed E-state index contributed by atoms with van der Waals surface area (Å²) in [5.41, 5.74) is 2.20. The number of anilines is 1. The number of rotatable bonds is 4. The van der Waals surface area contributed by atoms with E-state index in [2.05, 4.69) is 20.9 Å². The van der Waals surface area contributed by atoms with Crippen molar-refractivity contribution in [3.05, 3.63) is 64.3 Å². The SMILES string of the molecule is N#Cc1cccnc1N1CCN(C(=O)Cc2csc(-c3ccccc3Cl)n2)CC1. The number of carbonyl (C=O) groups is 1. The highest BCUT2D eigenvalue weighted by Gasteiger charge is 2.24. The minimum Gasteiger partial charge on any atom is -0.352 e. The van der Waals surface area contributed by atoms with Crippen LogP contribution in [-0.4, -0.2) is 47.0 Å². The van der Waals surface area contributed by atoms with Gasteiger partial charge in [-0.2, -0.15) is 5.26 Å². The van der Waals surface area contributed by atoms with Crippen LogP contribution in [-0.2, 0) is 11.2 Å². The fraction of sp³-hybridized carbons (Fsp3) is 0.238. The summed E-state index contributed by atoms with van der Waals surface area (Å²) in [5, 5.41) is 12.7. The zero-order valence-corrected chi connectivity index (χ0v) is 17.2. The molecular weight excluding hydrogens is 406 g/mol. The van der Waals surface area contributed by atoms with Crippen LogP contribution in [0.5, 0.6) is 0 Å². The minimum atomic E-state index is 0.0576. The first kappa shape index (κ1) is 19.4. The van der Waals surface area contributed by atoms with Gasteiger partial charge in [0.05, 0.1) is 22.7 Å². The predicted molar refractivity (Wildman–Crippen MR) is 114 cm³/mol. The first-order valence-electron chi connectivity index (χ1n) is 9.23. The molecule has 3 heterocycles. The molecule has 0 radical (unpaired) electrons. The highest BCUT2D eigenvalue weighted by atomic mass is 35.5. The van der Waals surface area contributed by atoms with Gasteiger partial charge in [-0.25, -0.2) is 9.97 Å². The number of nitrogens with zero attached hydrogens (tertiary/aromatic N) is 5. The van der Waals surface area contributed by atoms with Crippen molar-refractivity contribution in [2.45, 2.75) is 6.42 Å². The average Bonchev–Trinajstić information content (AvgIpc) is 3.22. The molecule has 1 aromatic carbocycles. The zero-order chi connectivity index (χ0) is 20.2. The van der Waals surface area contributed by atoms with Gasteiger partial charge < -0.3 is 9.80 Å². The van der Waals surface area contributed by atoms with Gasteiger partial charge in [0.1, 0.15) is 16.9 Å². The fourth-order valence-electron chi connectivity index (χ4n) is 3.32. The van der Waals surface area contributed by atoms with E-state index in [0.717, 1.165) is 16.3 Å². The number of hydrogen-bond acceptors (Lipinski definition) is 6. The van der Waals surface area contributed by atoms with E-state index in [1.807, 2.05) is 34.5 Å². The van der Waals surface area contributed by atoms with Crippen molar-refractivity contribution in [2.75, 3.05) is 31.1 Å². The van der Waals surface area contributed by atoms with Crippen LogP contribution < -0.4 is 4.90 Å². The maximum atomic E-state index is 12.7. The van der Waals surface area contributed by atoms with Gasteiger partial charge in [-0.3, -0.25) is 4.79 Å². The second-order valence-corrected chi connectivity index (χ2v) is 7.92. The molecule has 146 valence electrons. The topological polar surface area (TPSA) is 73.1 Å². The molecule has 1 amide bonds. The van der Waals surface area contributed by atoms with Gasteiger partial charge in [0, 0.05) is 43.3 Å². The van der Waals surface area contributed by atoms with E-state index in [9.17, 15) is 10.1 Å². The Morgan fingerprint density at radius 2 is 1.97 bits per heavy atom. The summed E-state index contributed by atoms with van der Waals surface area (Å²) in [7, 11) is 0. The summed E-state index contributed by atoms with van der Waals surface area (Å²) in [6.07, 6.45) is 1.96. The van der Waals surface area contributed by atoms with E-state index in [0.29, 0.717) is 42.6 Å². The number of halogens is 1. The van der Waals surface area contributed by atoms with Gasteiger partial charge in [0.2, 0.25) is 5.91 Å². The normalized spacial score (nSPS) is 13.9. The van der Waals surface area contributed by atoms with Gasteiger partial charge in [-0.15, -0.1) is 11.3 Å². The van der Waals surface area contributed by atoms with Crippen LogP contribution in [0.4, 0.5) is 5.82 Å². The Kier molecular flexibility index (Phi) is 5.74. The van der Waals surface area contributed by atoms with Crippen LogP contribution >= 0.6 is 22.9 Å². The lowest BCUT2D eigenvalue weighted by atomic mass is 10.2. The Morgan fingerprint density at radius 3 is 2.72 bits per heavy atom. The van der Waals surface area contributed by atoms with Crippen LogP contribution in [0.25, 0.3) is 10.6 Å². The second kappa shape index (κ2) is 8.60. The molecule has 0 bridgehead atoms. The van der Waals surface area contributed by atoms with Gasteiger partial charge in [0.15, 0.2) is 0 Å². The van der Waals surface area contributed by atoms with Crippen molar-refractivity contribution in [1.29, 1.82) is 5.26 Å². The number of hydrogen-bond donors (Lipinski definition) is 0. The maximum Gasteiger partial charge on any atom is 0.228 e. The van der Waals surface area contributed by atoms with E-state index in [1.54, 1.807) is 18.3 Å². The lowest BCUT2D eigenvalue weighted by molar-refractivity contribution is -0.130. The molecule has 1 aliphatic heterocycles. The van der Waals surface area contributed by atoms with Crippen molar-refractivity contribution >= 4 is 34.7 Å². The summed E-state index contributed by atoms with van der Waals surface area (Å²) in [4.78, 5) is 25.5. The molecule has 1 fully saturated rings. The Morgan fingerprint density at radius 1 is 1.17 bits per heavy atom. The van der Waals surface area contributed by atoms with Crippen LogP contribution in [0.3, 0.4) is 0 Å². The van der Waals surface area contributed by atoms with Gasteiger partial charge >= 0.3 is 0 Å². The molecule has 0 N–H and O–H groups in total. The Balaban J connectivity index is 1.37. The van der Waals surface area contributed by atoms with Crippen LogP contribution in [0.15, 0.2) is 48.0 Å². The maximum absolute atomic E-state index is 12.7. The molecule has 6 nitrogen and oxygen atoms in total. The number of thiazole rings is 1. The number of nitriles is 1. The molecule has 0 saturated carbocycles. The molecule has 3 aromatic rings. The molecule has 0 unspecified atom stereocenters. The third-order valence-electron chi connectivity index (χ3n) is 4.83. The number of pyridine rings is 1. The number of carbonyl (C=O) groups excluding carboxylic acids is 1. The van der Waals surface area contributed by atoms with Gasteiger partial charge in [-0.05, 0) is 18.2 Å². The molecule has 0 aliphatic carbocycles. The molecule has 4 rings (SSSR count). The summed E-state index contributed by atoms with van der Waals surface area (Å²) in [6, 6.07) is 13.3. The standard InChI is InChI=1S/C21H18ClN5OS/c22-18-6-2-1-5-17(18)21-25-16(14-29-21)12-19(28)26-8-10-27(11-9-26)20-15(13-23)4-3-7-24-20/h1-7,14H,8-12H2. The van der Waals surface area contributed by atoms with Crippen LogP contribution in [0.1, 0.15) is 11.3 Å². The lowest BCUT2D eigenvalue weighted by Crippen LogP contribution is -2.49. The van der Waals surface area contributed by atoms with E-state index >= 15 is 0 Å². The van der Waals surface area contributed by atoms with Crippen LogP contribution in [0.2, 0.25) is 5.02 Å². The Labute approximate surface area is 178 Å². The van der Waals surface area contributed by atoms with E-state index in [-0.39, 0.29) is 12.3 Å². The van der Waals surface area contributed by atoms with E-state index in [4.69, 9.17) is 11.6 Å². The highest BCUT2D eigenvalue weighted by molar-refractivity contribution is 7.13. The largest absolute Gasteiger partial charge is 0.352 e. The lowest BCUT2D eigenvalue weighted by Gasteiger charge is -2.35. The quantitative estimate of drug-likeness (QED) is 0.640.